The average Bonchev–Trinajstić information content (AvgIpc) is 2.87. The summed E-state index contributed by atoms with van der Waals surface area (Å²) >= 11 is 0. The number of ketones is 1. The van der Waals surface area contributed by atoms with Crippen molar-refractivity contribution in [3.8, 4) is 5.75 Å². The Hall–Kier alpha value is -1.91. The van der Waals surface area contributed by atoms with Crippen molar-refractivity contribution in [2.45, 2.75) is 25.8 Å². The van der Waals surface area contributed by atoms with Crippen LogP contribution < -0.4 is 4.74 Å². The van der Waals surface area contributed by atoms with E-state index >= 15 is 0 Å². The summed E-state index contributed by atoms with van der Waals surface area (Å²) in [5.74, 6) is -0.548. The van der Waals surface area contributed by atoms with E-state index in [1.54, 1.807) is 0 Å². The van der Waals surface area contributed by atoms with E-state index < -0.39 is 11.9 Å². The maximum Gasteiger partial charge on any atom is 0.220 e. The summed E-state index contributed by atoms with van der Waals surface area (Å²) in [5, 5.41) is 0. The number of carbonyl (C=O) groups is 2. The van der Waals surface area contributed by atoms with Crippen molar-refractivity contribution in [1.82, 2.24) is 4.90 Å². The van der Waals surface area contributed by atoms with Crippen LogP contribution in [0.2, 0.25) is 0 Å². The van der Waals surface area contributed by atoms with Gasteiger partial charge in [-0.25, -0.2) is 4.39 Å². The summed E-state index contributed by atoms with van der Waals surface area (Å²) in [6.45, 7) is 2.01. The Morgan fingerprint density at radius 2 is 2.16 bits per heavy atom. The van der Waals surface area contributed by atoms with Crippen molar-refractivity contribution in [2.24, 2.45) is 0 Å². The molecule has 1 fully saturated rings. The van der Waals surface area contributed by atoms with Gasteiger partial charge in [-0.3, -0.25) is 9.59 Å². The molecule has 1 unspecified atom stereocenters. The smallest absolute Gasteiger partial charge is 0.220 e. The van der Waals surface area contributed by atoms with Crippen LogP contribution in [-0.4, -0.2) is 36.3 Å². The predicted molar refractivity (Wildman–Crippen MR) is 67.7 cm³/mol. The van der Waals surface area contributed by atoms with Gasteiger partial charge in [-0.1, -0.05) is 0 Å². The van der Waals surface area contributed by atoms with E-state index in [9.17, 15) is 14.0 Å². The highest BCUT2D eigenvalue weighted by Crippen LogP contribution is 2.26. The fourth-order valence-corrected chi connectivity index (χ4v) is 2.47. The number of amides is 1. The van der Waals surface area contributed by atoms with Crippen molar-refractivity contribution in [1.29, 1.82) is 0 Å². The summed E-state index contributed by atoms with van der Waals surface area (Å²) in [5.41, 5.74) is 0.195. The Morgan fingerprint density at radius 3 is 2.79 bits per heavy atom. The molecule has 0 bridgehead atoms. The highest BCUT2D eigenvalue weighted by molar-refractivity contribution is 6.04. The van der Waals surface area contributed by atoms with Crippen LogP contribution in [0.5, 0.6) is 5.75 Å². The van der Waals surface area contributed by atoms with Crippen LogP contribution in [-0.2, 0) is 4.79 Å². The molecule has 1 amide bonds. The first-order valence-corrected chi connectivity index (χ1v) is 6.19. The number of rotatable bonds is 3. The average molecular weight is 265 g/mol. The lowest BCUT2D eigenvalue weighted by molar-refractivity contribution is -0.128. The number of hydrogen-bond acceptors (Lipinski definition) is 3. The number of ether oxygens (including phenoxy) is 1. The molecular formula is C14H16FNO3. The summed E-state index contributed by atoms with van der Waals surface area (Å²) in [6, 6.07) is 3.33. The minimum Gasteiger partial charge on any atom is -0.496 e. The van der Waals surface area contributed by atoms with Gasteiger partial charge in [-0.05, 0) is 31.0 Å². The van der Waals surface area contributed by atoms with E-state index in [-0.39, 0.29) is 17.3 Å². The lowest BCUT2D eigenvalue weighted by Crippen LogP contribution is -2.39. The second-order valence-corrected chi connectivity index (χ2v) is 4.58. The molecule has 19 heavy (non-hydrogen) atoms. The SMILES string of the molecule is COc1ccc(F)cc1C(=O)C1CCCN1C(C)=O. The number of hydrogen-bond donors (Lipinski definition) is 0. The van der Waals surface area contributed by atoms with Gasteiger partial charge in [-0.15, -0.1) is 0 Å². The lowest BCUT2D eigenvalue weighted by Gasteiger charge is -2.22. The molecule has 1 aliphatic rings. The zero-order valence-corrected chi connectivity index (χ0v) is 11.0. The van der Waals surface area contributed by atoms with Crippen molar-refractivity contribution >= 4 is 11.7 Å². The molecule has 102 valence electrons. The molecule has 1 aliphatic heterocycles. The minimum atomic E-state index is -0.506. The molecule has 1 atom stereocenters. The Bertz CT molecular complexity index is 515. The zero-order valence-electron chi connectivity index (χ0n) is 11.0. The fourth-order valence-electron chi connectivity index (χ4n) is 2.47. The number of methoxy groups -OCH3 is 1. The van der Waals surface area contributed by atoms with Gasteiger partial charge in [0.2, 0.25) is 5.91 Å². The van der Waals surface area contributed by atoms with Gasteiger partial charge in [0.1, 0.15) is 11.6 Å². The molecule has 0 spiro atoms. The van der Waals surface area contributed by atoms with Crippen LogP contribution in [0.1, 0.15) is 30.1 Å². The van der Waals surface area contributed by atoms with Gasteiger partial charge in [0.25, 0.3) is 0 Å². The molecule has 5 heteroatoms. The Balaban J connectivity index is 2.33. The normalized spacial score (nSPS) is 18.5. The fraction of sp³-hybridized carbons (Fsp3) is 0.429. The maximum atomic E-state index is 13.3. The van der Waals surface area contributed by atoms with Gasteiger partial charge < -0.3 is 9.64 Å². The molecule has 0 aromatic heterocycles. The monoisotopic (exact) mass is 265 g/mol. The van der Waals surface area contributed by atoms with Gasteiger partial charge in [0.05, 0.1) is 18.7 Å². The number of halogens is 1. The van der Waals surface area contributed by atoms with Crippen molar-refractivity contribution < 1.29 is 18.7 Å². The highest BCUT2D eigenvalue weighted by Gasteiger charge is 2.34. The first kappa shape index (κ1) is 13.5. The molecule has 0 aliphatic carbocycles. The molecule has 0 N–H and O–H groups in total. The second-order valence-electron chi connectivity index (χ2n) is 4.58. The molecule has 1 saturated heterocycles. The van der Waals surface area contributed by atoms with Gasteiger partial charge in [0, 0.05) is 13.5 Å². The van der Waals surface area contributed by atoms with Crippen LogP contribution in [0, 0.1) is 5.82 Å². The molecule has 0 saturated carbocycles. The van der Waals surface area contributed by atoms with Crippen LogP contribution in [0.3, 0.4) is 0 Å². The maximum absolute atomic E-state index is 13.3. The van der Waals surface area contributed by atoms with Crippen molar-refractivity contribution in [2.75, 3.05) is 13.7 Å². The summed E-state index contributed by atoms with van der Waals surface area (Å²) in [7, 11) is 1.43. The Morgan fingerprint density at radius 1 is 1.42 bits per heavy atom. The molecule has 1 heterocycles. The van der Waals surface area contributed by atoms with E-state index in [0.717, 1.165) is 12.5 Å². The second kappa shape index (κ2) is 5.38. The quantitative estimate of drug-likeness (QED) is 0.786. The molecule has 4 nitrogen and oxygen atoms in total. The van der Waals surface area contributed by atoms with Crippen molar-refractivity contribution in [3.05, 3.63) is 29.6 Å². The minimum absolute atomic E-state index is 0.133. The van der Waals surface area contributed by atoms with Crippen molar-refractivity contribution in [3.63, 3.8) is 0 Å². The third-order valence-corrected chi connectivity index (χ3v) is 3.39. The van der Waals surface area contributed by atoms with Gasteiger partial charge >= 0.3 is 0 Å². The van der Waals surface area contributed by atoms with E-state index in [4.69, 9.17) is 4.74 Å². The Labute approximate surface area is 111 Å². The van der Waals surface area contributed by atoms with Crippen LogP contribution in [0.25, 0.3) is 0 Å². The number of carbonyl (C=O) groups excluding carboxylic acids is 2. The first-order chi connectivity index (χ1) is 9.04. The molecular weight excluding hydrogens is 249 g/mol. The highest BCUT2D eigenvalue weighted by atomic mass is 19.1. The summed E-state index contributed by atoms with van der Waals surface area (Å²) < 4.78 is 18.4. The van der Waals surface area contributed by atoms with E-state index in [1.165, 1.54) is 31.1 Å². The number of Topliss-reactive ketones (excluding diaryl/α,β-unsaturated/α-hetero) is 1. The lowest BCUT2D eigenvalue weighted by atomic mass is 10.0. The van der Waals surface area contributed by atoms with E-state index in [1.807, 2.05) is 0 Å². The molecule has 1 aromatic carbocycles. The topological polar surface area (TPSA) is 46.6 Å². The third-order valence-electron chi connectivity index (χ3n) is 3.39. The van der Waals surface area contributed by atoms with Crippen LogP contribution in [0.4, 0.5) is 4.39 Å². The van der Waals surface area contributed by atoms with Gasteiger partial charge in [-0.2, -0.15) is 0 Å². The van der Waals surface area contributed by atoms with E-state index in [2.05, 4.69) is 0 Å². The number of likely N-dealkylation sites (tertiary alicyclic amines) is 1. The largest absolute Gasteiger partial charge is 0.496 e. The standard InChI is InChI=1S/C14H16FNO3/c1-9(17)16-7-3-4-12(16)14(18)11-8-10(15)5-6-13(11)19-2/h5-6,8,12H,3-4,7H2,1-2H3. The molecule has 0 radical (unpaired) electrons. The number of nitrogens with zero attached hydrogens (tertiary/aromatic N) is 1. The Kier molecular flexibility index (Phi) is 3.83. The van der Waals surface area contributed by atoms with E-state index in [0.29, 0.717) is 18.7 Å². The first-order valence-electron chi connectivity index (χ1n) is 6.19. The van der Waals surface area contributed by atoms with Crippen LogP contribution >= 0.6 is 0 Å². The summed E-state index contributed by atoms with van der Waals surface area (Å²) in [4.78, 5) is 25.5. The molecule has 1 aromatic rings. The molecule has 2 rings (SSSR count). The number of benzene rings is 1. The summed E-state index contributed by atoms with van der Waals surface area (Å²) in [6.07, 6.45) is 1.39. The van der Waals surface area contributed by atoms with Gasteiger partial charge in [0.15, 0.2) is 5.78 Å². The zero-order chi connectivity index (χ0) is 14.0. The third kappa shape index (κ3) is 2.59. The predicted octanol–water partition coefficient (Wildman–Crippen LogP) is 2.03. The van der Waals surface area contributed by atoms with Crippen LogP contribution in [0.15, 0.2) is 18.2 Å².